The van der Waals surface area contributed by atoms with Gasteiger partial charge in [0, 0.05) is 17.3 Å². The van der Waals surface area contributed by atoms with Crippen LogP contribution in [0.3, 0.4) is 0 Å². The van der Waals surface area contributed by atoms with Crippen molar-refractivity contribution in [2.24, 2.45) is 5.41 Å². The average molecular weight is 298 g/mol. The maximum Gasteiger partial charge on any atom is 0.372 e. The number of thiazole rings is 1. The lowest BCUT2D eigenvalue weighted by molar-refractivity contribution is -0.389. The number of aliphatic hydroxyl groups is 1. The SMILES string of the molecule is CCC(CC)(CO)CNc1nc2sccn2c1[N+](=O)[O-]. The number of nitro groups is 1. The van der Waals surface area contributed by atoms with E-state index in [1.165, 1.54) is 15.7 Å². The summed E-state index contributed by atoms with van der Waals surface area (Å²) in [7, 11) is 0. The Balaban J connectivity index is 2.27. The van der Waals surface area contributed by atoms with E-state index in [-0.39, 0.29) is 23.7 Å². The lowest BCUT2D eigenvalue weighted by Gasteiger charge is -2.29. The molecule has 0 saturated carbocycles. The Morgan fingerprint density at radius 3 is 2.80 bits per heavy atom. The highest BCUT2D eigenvalue weighted by atomic mass is 32.1. The average Bonchev–Trinajstić information content (AvgIpc) is 3.00. The first kappa shape index (κ1) is 14.7. The molecule has 2 heterocycles. The third-order valence-corrected chi connectivity index (χ3v) is 4.63. The zero-order valence-corrected chi connectivity index (χ0v) is 12.3. The zero-order chi connectivity index (χ0) is 14.8. The summed E-state index contributed by atoms with van der Waals surface area (Å²) < 4.78 is 1.46. The predicted octanol–water partition coefficient (Wildman–Crippen LogP) is 2.51. The second kappa shape index (κ2) is 5.76. The van der Waals surface area contributed by atoms with Crippen LogP contribution in [0.1, 0.15) is 26.7 Å². The van der Waals surface area contributed by atoms with Crippen LogP contribution in [0.15, 0.2) is 11.6 Å². The molecule has 0 amide bonds. The van der Waals surface area contributed by atoms with Crippen LogP contribution in [-0.4, -0.2) is 32.6 Å². The van der Waals surface area contributed by atoms with E-state index < -0.39 is 4.92 Å². The fourth-order valence-electron chi connectivity index (χ4n) is 2.12. The van der Waals surface area contributed by atoms with Gasteiger partial charge in [-0.05, 0) is 17.8 Å². The molecule has 0 saturated heterocycles. The van der Waals surface area contributed by atoms with Gasteiger partial charge in [-0.2, -0.15) is 9.38 Å². The van der Waals surface area contributed by atoms with Crippen LogP contribution in [0.4, 0.5) is 11.6 Å². The summed E-state index contributed by atoms with van der Waals surface area (Å²) in [6, 6.07) is 0. The standard InChI is InChI=1S/C12H18N4O3S/c1-3-12(4-2,8-17)7-13-9-10(16(18)19)15-5-6-20-11(15)14-9/h5-6,13,17H,3-4,7-8H2,1-2H3. The first-order valence-electron chi connectivity index (χ1n) is 6.51. The first-order chi connectivity index (χ1) is 9.56. The first-order valence-corrected chi connectivity index (χ1v) is 7.39. The van der Waals surface area contributed by atoms with Gasteiger partial charge in [-0.1, -0.05) is 25.2 Å². The Hall–Kier alpha value is -1.67. The summed E-state index contributed by atoms with van der Waals surface area (Å²) in [5.74, 6) is 0.210. The van der Waals surface area contributed by atoms with E-state index in [9.17, 15) is 15.2 Å². The Morgan fingerprint density at radius 2 is 2.25 bits per heavy atom. The van der Waals surface area contributed by atoms with Gasteiger partial charge < -0.3 is 20.5 Å². The Morgan fingerprint density at radius 1 is 1.55 bits per heavy atom. The van der Waals surface area contributed by atoms with Crippen LogP contribution in [-0.2, 0) is 0 Å². The van der Waals surface area contributed by atoms with Crippen LogP contribution >= 0.6 is 11.3 Å². The maximum atomic E-state index is 11.2. The molecular formula is C12H18N4O3S. The minimum absolute atomic E-state index is 0.0447. The van der Waals surface area contributed by atoms with Gasteiger partial charge in [0.05, 0.1) is 6.61 Å². The molecule has 8 heteroatoms. The van der Waals surface area contributed by atoms with Crippen LogP contribution in [0.5, 0.6) is 0 Å². The highest BCUT2D eigenvalue weighted by molar-refractivity contribution is 7.15. The molecule has 0 radical (unpaired) electrons. The number of imidazole rings is 1. The molecule has 0 aliphatic heterocycles. The normalized spacial score (nSPS) is 11.9. The minimum atomic E-state index is -0.437. The van der Waals surface area contributed by atoms with Gasteiger partial charge in [-0.25, -0.2) is 0 Å². The second-order valence-electron chi connectivity index (χ2n) is 4.82. The molecule has 0 aliphatic rings. The lowest BCUT2D eigenvalue weighted by atomic mass is 9.83. The number of fused-ring (bicyclic) bond motifs is 1. The van der Waals surface area contributed by atoms with Gasteiger partial charge in [0.25, 0.3) is 4.96 Å². The summed E-state index contributed by atoms with van der Waals surface area (Å²) in [4.78, 5) is 15.6. The number of hydrogen-bond donors (Lipinski definition) is 2. The third kappa shape index (κ3) is 2.48. The number of aliphatic hydroxyl groups excluding tert-OH is 1. The maximum absolute atomic E-state index is 11.2. The number of nitrogens with zero attached hydrogens (tertiary/aromatic N) is 3. The smallest absolute Gasteiger partial charge is 0.372 e. The van der Waals surface area contributed by atoms with Crippen molar-refractivity contribution in [3.8, 4) is 0 Å². The largest absolute Gasteiger partial charge is 0.396 e. The van der Waals surface area contributed by atoms with E-state index in [4.69, 9.17) is 0 Å². The van der Waals surface area contributed by atoms with E-state index in [2.05, 4.69) is 10.3 Å². The predicted molar refractivity (Wildman–Crippen MR) is 78.3 cm³/mol. The van der Waals surface area contributed by atoms with E-state index in [1.54, 1.807) is 11.6 Å². The van der Waals surface area contributed by atoms with E-state index in [0.717, 1.165) is 12.8 Å². The molecule has 7 nitrogen and oxygen atoms in total. The van der Waals surface area contributed by atoms with Crippen LogP contribution in [0.2, 0.25) is 0 Å². The van der Waals surface area contributed by atoms with Crippen molar-refractivity contribution in [1.82, 2.24) is 9.38 Å². The summed E-state index contributed by atoms with van der Waals surface area (Å²) >= 11 is 1.35. The number of anilines is 1. The van der Waals surface area contributed by atoms with Crippen LogP contribution in [0.25, 0.3) is 4.96 Å². The fraction of sp³-hybridized carbons (Fsp3) is 0.583. The summed E-state index contributed by atoms with van der Waals surface area (Å²) in [5, 5.41) is 25.5. The number of rotatable bonds is 7. The second-order valence-corrected chi connectivity index (χ2v) is 5.69. The van der Waals surface area contributed by atoms with Crippen molar-refractivity contribution in [2.75, 3.05) is 18.5 Å². The molecule has 0 aromatic carbocycles. The number of aromatic nitrogens is 2. The molecule has 0 fully saturated rings. The molecule has 0 spiro atoms. The van der Waals surface area contributed by atoms with Crippen molar-refractivity contribution >= 4 is 27.9 Å². The third-order valence-electron chi connectivity index (χ3n) is 3.88. The van der Waals surface area contributed by atoms with Gasteiger partial charge in [-0.3, -0.25) is 0 Å². The fourth-order valence-corrected chi connectivity index (χ4v) is 2.83. The molecular weight excluding hydrogens is 280 g/mol. The van der Waals surface area contributed by atoms with Crippen molar-refractivity contribution < 1.29 is 10.0 Å². The van der Waals surface area contributed by atoms with Crippen molar-refractivity contribution in [3.05, 3.63) is 21.7 Å². The molecule has 0 unspecified atom stereocenters. The van der Waals surface area contributed by atoms with Gasteiger partial charge in [0.15, 0.2) is 0 Å². The quantitative estimate of drug-likeness (QED) is 0.605. The summed E-state index contributed by atoms with van der Waals surface area (Å²) in [6.45, 7) is 4.51. The number of nitrogens with one attached hydrogen (secondary N) is 1. The van der Waals surface area contributed by atoms with E-state index in [0.29, 0.717) is 11.5 Å². The Kier molecular flexibility index (Phi) is 4.24. The number of hydrogen-bond acceptors (Lipinski definition) is 6. The minimum Gasteiger partial charge on any atom is -0.396 e. The van der Waals surface area contributed by atoms with Crippen LogP contribution < -0.4 is 5.32 Å². The van der Waals surface area contributed by atoms with Gasteiger partial charge in [0.2, 0.25) is 5.82 Å². The molecule has 2 rings (SSSR count). The van der Waals surface area contributed by atoms with Crippen LogP contribution in [0, 0.1) is 15.5 Å². The highest BCUT2D eigenvalue weighted by Gasteiger charge is 2.29. The summed E-state index contributed by atoms with van der Waals surface area (Å²) in [5.41, 5.74) is -0.273. The highest BCUT2D eigenvalue weighted by Crippen LogP contribution is 2.31. The molecule has 0 atom stereocenters. The Bertz CT molecular complexity index is 595. The topological polar surface area (TPSA) is 92.7 Å². The lowest BCUT2D eigenvalue weighted by Crippen LogP contribution is -2.32. The van der Waals surface area contributed by atoms with E-state index >= 15 is 0 Å². The molecule has 2 N–H and O–H groups in total. The zero-order valence-electron chi connectivity index (χ0n) is 11.5. The van der Waals surface area contributed by atoms with Crippen molar-refractivity contribution in [2.45, 2.75) is 26.7 Å². The molecule has 110 valence electrons. The Labute approximate surface area is 120 Å². The molecule has 2 aromatic heterocycles. The van der Waals surface area contributed by atoms with Gasteiger partial charge in [0.1, 0.15) is 6.20 Å². The molecule has 0 bridgehead atoms. The monoisotopic (exact) mass is 298 g/mol. The van der Waals surface area contributed by atoms with Gasteiger partial charge >= 0.3 is 5.82 Å². The van der Waals surface area contributed by atoms with Crippen molar-refractivity contribution in [1.29, 1.82) is 0 Å². The van der Waals surface area contributed by atoms with E-state index in [1.807, 2.05) is 13.8 Å². The molecule has 2 aromatic rings. The van der Waals surface area contributed by atoms with Gasteiger partial charge in [-0.15, -0.1) is 0 Å². The molecule has 20 heavy (non-hydrogen) atoms. The van der Waals surface area contributed by atoms with Crippen molar-refractivity contribution in [3.63, 3.8) is 0 Å². The molecule has 0 aliphatic carbocycles. The summed E-state index contributed by atoms with van der Waals surface area (Å²) in [6.07, 6.45) is 3.22.